The first-order chi connectivity index (χ1) is 18.1. The zero-order valence-corrected chi connectivity index (χ0v) is 21.6. The third-order valence-corrected chi connectivity index (χ3v) is 7.19. The Labute approximate surface area is 222 Å². The lowest BCUT2D eigenvalue weighted by molar-refractivity contribution is -0.126. The van der Waals surface area contributed by atoms with Crippen molar-refractivity contribution >= 4 is 39.8 Å². The molecular formula is C30H30N4O2S. The second kappa shape index (κ2) is 11.4. The molecule has 1 aliphatic rings. The van der Waals surface area contributed by atoms with Crippen LogP contribution < -0.4 is 15.4 Å². The van der Waals surface area contributed by atoms with Crippen molar-refractivity contribution in [2.45, 2.75) is 18.9 Å². The van der Waals surface area contributed by atoms with Crippen molar-refractivity contribution in [3.8, 4) is 5.75 Å². The normalized spacial score (nSPS) is 14.7. The molecular weight excluding hydrogens is 480 g/mol. The number of benzene rings is 3. The molecule has 5 rings (SSSR count). The van der Waals surface area contributed by atoms with Crippen LogP contribution in [0.25, 0.3) is 10.9 Å². The number of hydrogen-bond acceptors (Lipinski definition) is 4. The fraction of sp³-hybridized carbons (Fsp3) is 0.233. The fourth-order valence-electron chi connectivity index (χ4n) is 4.70. The van der Waals surface area contributed by atoms with Gasteiger partial charge in [0.2, 0.25) is 5.91 Å². The molecule has 1 aliphatic heterocycles. The number of para-hydroxylation sites is 1. The maximum atomic E-state index is 13.4. The first-order valence-corrected chi connectivity index (χ1v) is 12.9. The van der Waals surface area contributed by atoms with Crippen molar-refractivity contribution in [1.82, 2.24) is 15.2 Å². The first-order valence-electron chi connectivity index (χ1n) is 12.5. The highest BCUT2D eigenvalue weighted by atomic mass is 32.1. The maximum Gasteiger partial charge on any atom is 0.224 e. The smallest absolute Gasteiger partial charge is 0.224 e. The van der Waals surface area contributed by atoms with Crippen LogP contribution in [0.4, 0.5) is 5.69 Å². The summed E-state index contributed by atoms with van der Waals surface area (Å²) in [7, 11) is 1.65. The van der Waals surface area contributed by atoms with E-state index in [0.29, 0.717) is 5.11 Å². The molecule has 0 spiro atoms. The minimum atomic E-state index is -0.311. The van der Waals surface area contributed by atoms with Gasteiger partial charge in [0.15, 0.2) is 5.11 Å². The molecule has 1 unspecified atom stereocenters. The molecule has 37 heavy (non-hydrogen) atoms. The summed E-state index contributed by atoms with van der Waals surface area (Å²) in [5.74, 6) is 0.778. The topological polar surface area (TPSA) is 66.5 Å². The number of anilines is 1. The molecule has 0 aliphatic carbocycles. The number of likely N-dealkylation sites (tertiary alicyclic amines) is 1. The molecule has 1 fully saturated rings. The number of thiocarbonyl (C=S) groups is 1. The highest BCUT2D eigenvalue weighted by Gasteiger charge is 2.29. The van der Waals surface area contributed by atoms with Crippen molar-refractivity contribution < 1.29 is 9.53 Å². The van der Waals surface area contributed by atoms with Crippen LogP contribution >= 0.6 is 12.2 Å². The van der Waals surface area contributed by atoms with Crippen LogP contribution in [0.5, 0.6) is 5.75 Å². The molecule has 188 valence electrons. The Balaban J connectivity index is 1.24. The number of aromatic nitrogens is 1. The van der Waals surface area contributed by atoms with E-state index in [9.17, 15) is 4.79 Å². The number of fused-ring (bicyclic) bond motifs is 1. The molecule has 1 atom stereocenters. The number of nitrogens with one attached hydrogen (secondary N) is 2. The lowest BCUT2D eigenvalue weighted by Gasteiger charge is -2.34. The van der Waals surface area contributed by atoms with Gasteiger partial charge in [0.05, 0.1) is 24.4 Å². The zero-order valence-electron chi connectivity index (χ0n) is 20.8. The van der Waals surface area contributed by atoms with E-state index in [1.807, 2.05) is 84.9 Å². The van der Waals surface area contributed by atoms with Gasteiger partial charge >= 0.3 is 0 Å². The number of pyridine rings is 1. The Morgan fingerprint density at radius 2 is 1.65 bits per heavy atom. The molecule has 1 aromatic heterocycles. The Bertz CT molecular complexity index is 1370. The zero-order chi connectivity index (χ0) is 25.6. The van der Waals surface area contributed by atoms with Crippen LogP contribution in [-0.4, -0.2) is 41.1 Å². The number of hydrogen-bond donors (Lipinski definition) is 2. The molecule has 0 saturated carbocycles. The first kappa shape index (κ1) is 24.7. The van der Waals surface area contributed by atoms with Gasteiger partial charge < -0.3 is 20.3 Å². The largest absolute Gasteiger partial charge is 0.497 e. The lowest BCUT2D eigenvalue weighted by Crippen LogP contribution is -2.45. The van der Waals surface area contributed by atoms with Crippen LogP contribution in [0.3, 0.4) is 0 Å². The standard InChI is InChI=1S/C30H30N4O2S/c1-36-25-14-12-24(13-15-25)31-30(37)34-19-17-23(18-20-34)29(35)33-28(22-8-3-2-4-9-22)27-16-11-21-7-5-6-10-26(21)32-27/h2-16,23,28H,17-20H2,1H3,(H,31,37)(H,33,35). The molecule has 2 N–H and O–H groups in total. The number of ether oxygens (including phenoxy) is 1. The van der Waals surface area contributed by atoms with Crippen LogP contribution in [-0.2, 0) is 4.79 Å². The summed E-state index contributed by atoms with van der Waals surface area (Å²) >= 11 is 5.63. The van der Waals surface area contributed by atoms with Crippen molar-refractivity contribution in [2.24, 2.45) is 5.92 Å². The predicted molar refractivity (Wildman–Crippen MR) is 152 cm³/mol. The minimum absolute atomic E-state index is 0.0532. The van der Waals surface area contributed by atoms with Crippen LogP contribution in [0.15, 0.2) is 91.0 Å². The highest BCUT2D eigenvalue weighted by molar-refractivity contribution is 7.80. The van der Waals surface area contributed by atoms with E-state index in [4.69, 9.17) is 21.9 Å². The summed E-state index contributed by atoms with van der Waals surface area (Å²) in [6.45, 7) is 1.45. The third-order valence-electron chi connectivity index (χ3n) is 6.83. The summed E-state index contributed by atoms with van der Waals surface area (Å²) in [5.41, 5.74) is 3.68. The predicted octanol–water partition coefficient (Wildman–Crippen LogP) is 5.56. The van der Waals surface area contributed by atoms with Crippen LogP contribution in [0, 0.1) is 5.92 Å². The molecule has 4 aromatic rings. The van der Waals surface area contributed by atoms with E-state index in [1.54, 1.807) is 7.11 Å². The Hall–Kier alpha value is -3.97. The summed E-state index contributed by atoms with van der Waals surface area (Å²) < 4.78 is 5.21. The quantitative estimate of drug-likeness (QED) is 0.331. The molecule has 2 heterocycles. The van der Waals surface area contributed by atoms with E-state index in [-0.39, 0.29) is 17.9 Å². The molecule has 3 aromatic carbocycles. The van der Waals surface area contributed by atoms with E-state index >= 15 is 0 Å². The highest BCUT2D eigenvalue weighted by Crippen LogP contribution is 2.26. The number of rotatable bonds is 6. The van der Waals surface area contributed by atoms with Gasteiger partial charge in [-0.15, -0.1) is 0 Å². The van der Waals surface area contributed by atoms with Crippen LogP contribution in [0.2, 0.25) is 0 Å². The monoisotopic (exact) mass is 510 g/mol. The van der Waals surface area contributed by atoms with Crippen molar-refractivity contribution in [2.75, 3.05) is 25.5 Å². The van der Waals surface area contributed by atoms with Gasteiger partial charge in [-0.25, -0.2) is 0 Å². The number of methoxy groups -OCH3 is 1. The van der Waals surface area contributed by atoms with Crippen molar-refractivity contribution in [3.63, 3.8) is 0 Å². The van der Waals surface area contributed by atoms with E-state index in [0.717, 1.165) is 59.5 Å². The average Bonchev–Trinajstić information content (AvgIpc) is 2.96. The minimum Gasteiger partial charge on any atom is -0.497 e. The second-order valence-corrected chi connectivity index (χ2v) is 9.59. The van der Waals surface area contributed by atoms with Gasteiger partial charge in [-0.05, 0) is 67.0 Å². The number of carbonyl (C=O) groups excluding carboxylic acids is 1. The van der Waals surface area contributed by atoms with Crippen molar-refractivity contribution in [1.29, 1.82) is 0 Å². The van der Waals surface area contributed by atoms with Crippen LogP contribution in [0.1, 0.15) is 30.1 Å². The van der Waals surface area contributed by atoms with Gasteiger partial charge in [-0.1, -0.05) is 54.6 Å². The molecule has 7 heteroatoms. The number of nitrogens with zero attached hydrogens (tertiary/aromatic N) is 2. The Morgan fingerprint density at radius 1 is 0.946 bits per heavy atom. The van der Waals surface area contributed by atoms with Gasteiger partial charge in [0, 0.05) is 30.1 Å². The third kappa shape index (κ3) is 5.89. The summed E-state index contributed by atoms with van der Waals surface area (Å²) in [6.07, 6.45) is 1.48. The molecule has 6 nitrogen and oxygen atoms in total. The fourth-order valence-corrected chi connectivity index (χ4v) is 5.00. The number of piperidine rings is 1. The molecule has 1 amide bonds. The molecule has 0 radical (unpaired) electrons. The number of amides is 1. The Morgan fingerprint density at radius 3 is 2.38 bits per heavy atom. The second-order valence-electron chi connectivity index (χ2n) is 9.20. The van der Waals surface area contributed by atoms with Crippen molar-refractivity contribution in [3.05, 3.63) is 102 Å². The summed E-state index contributed by atoms with van der Waals surface area (Å²) in [5, 5.41) is 8.34. The van der Waals surface area contributed by atoms with Gasteiger partial charge in [-0.2, -0.15) is 0 Å². The SMILES string of the molecule is COc1ccc(NC(=S)N2CCC(C(=O)NC(c3ccccc3)c3ccc4ccccc4n3)CC2)cc1. The number of carbonyl (C=O) groups is 1. The van der Waals surface area contributed by atoms with E-state index in [2.05, 4.69) is 21.6 Å². The average molecular weight is 511 g/mol. The van der Waals surface area contributed by atoms with E-state index in [1.165, 1.54) is 0 Å². The lowest BCUT2D eigenvalue weighted by atomic mass is 9.94. The Kier molecular flexibility index (Phi) is 7.61. The molecule has 0 bridgehead atoms. The van der Waals surface area contributed by atoms with Gasteiger partial charge in [0.25, 0.3) is 0 Å². The summed E-state index contributed by atoms with van der Waals surface area (Å²) in [4.78, 5) is 20.4. The maximum absolute atomic E-state index is 13.4. The summed E-state index contributed by atoms with van der Waals surface area (Å²) in [6, 6.07) is 29.5. The van der Waals surface area contributed by atoms with E-state index < -0.39 is 0 Å². The molecule has 1 saturated heterocycles. The van der Waals surface area contributed by atoms with Gasteiger partial charge in [-0.3, -0.25) is 9.78 Å². The van der Waals surface area contributed by atoms with Gasteiger partial charge in [0.1, 0.15) is 5.75 Å².